The van der Waals surface area contributed by atoms with E-state index in [4.69, 9.17) is 0 Å². The van der Waals surface area contributed by atoms with E-state index in [0.29, 0.717) is 23.2 Å². The predicted octanol–water partition coefficient (Wildman–Crippen LogP) is 3.83. The lowest BCUT2D eigenvalue weighted by Gasteiger charge is -2.28. The smallest absolute Gasteiger partial charge is 0.255 e. The molecule has 0 aliphatic heterocycles. The van der Waals surface area contributed by atoms with Crippen molar-refractivity contribution in [1.82, 2.24) is 10.3 Å². The lowest BCUT2D eigenvalue weighted by atomic mass is 9.80. The van der Waals surface area contributed by atoms with Gasteiger partial charge >= 0.3 is 0 Å². The minimum absolute atomic E-state index is 0.0440. The number of rotatable bonds is 5. The van der Waals surface area contributed by atoms with E-state index in [2.05, 4.69) is 38.5 Å². The van der Waals surface area contributed by atoms with E-state index in [1.165, 1.54) is 25.7 Å². The quantitative estimate of drug-likeness (QED) is 0.845. The minimum Gasteiger partial charge on any atom is -0.370 e. The van der Waals surface area contributed by atoms with Gasteiger partial charge in [0.15, 0.2) is 0 Å². The monoisotopic (exact) mass is 353 g/mol. The Balaban J connectivity index is 2.00. The molecule has 1 fully saturated rings. The van der Waals surface area contributed by atoms with Crippen molar-refractivity contribution in [3.63, 3.8) is 0 Å². The fourth-order valence-corrected chi connectivity index (χ4v) is 3.27. The number of aromatic nitrogens is 1. The summed E-state index contributed by atoms with van der Waals surface area (Å²) in [7, 11) is 0. The Hall–Kier alpha value is -1.10. The highest BCUT2D eigenvalue weighted by Gasteiger charge is 2.22. The van der Waals surface area contributed by atoms with Gasteiger partial charge in [0, 0.05) is 23.8 Å². The average molecular weight is 354 g/mol. The van der Waals surface area contributed by atoms with Gasteiger partial charge < -0.3 is 10.6 Å². The molecule has 2 atom stereocenters. The third-order valence-electron chi connectivity index (χ3n) is 4.26. The SMILES string of the molecule is CCNc1ncc(Br)cc1C(=O)NCC1CCCCC1C. The first kappa shape index (κ1) is 16.3. The minimum atomic E-state index is -0.0440. The fourth-order valence-electron chi connectivity index (χ4n) is 2.94. The number of hydrogen-bond donors (Lipinski definition) is 2. The molecule has 0 radical (unpaired) electrons. The molecule has 1 aliphatic rings. The Bertz CT molecular complexity index is 492. The van der Waals surface area contributed by atoms with E-state index in [1.807, 2.05) is 13.0 Å². The van der Waals surface area contributed by atoms with E-state index >= 15 is 0 Å². The van der Waals surface area contributed by atoms with Crippen LogP contribution in [0.25, 0.3) is 0 Å². The molecule has 1 aromatic rings. The van der Waals surface area contributed by atoms with Gasteiger partial charge in [-0.05, 0) is 47.2 Å². The van der Waals surface area contributed by atoms with E-state index in [-0.39, 0.29) is 5.91 Å². The predicted molar refractivity (Wildman–Crippen MR) is 89.6 cm³/mol. The summed E-state index contributed by atoms with van der Waals surface area (Å²) in [5, 5.41) is 6.22. The molecule has 4 nitrogen and oxygen atoms in total. The Morgan fingerprint density at radius 1 is 1.43 bits per heavy atom. The maximum absolute atomic E-state index is 12.4. The molecule has 2 unspecified atom stereocenters. The zero-order chi connectivity index (χ0) is 15.2. The summed E-state index contributed by atoms with van der Waals surface area (Å²) in [5.74, 6) is 1.91. The van der Waals surface area contributed by atoms with Gasteiger partial charge in [0.1, 0.15) is 5.82 Å². The van der Waals surface area contributed by atoms with Crippen LogP contribution in [0.15, 0.2) is 16.7 Å². The van der Waals surface area contributed by atoms with Crippen LogP contribution in [0.4, 0.5) is 5.82 Å². The number of anilines is 1. The third kappa shape index (κ3) is 4.43. The Labute approximate surface area is 135 Å². The molecule has 2 N–H and O–H groups in total. The number of nitrogens with zero attached hydrogens (tertiary/aromatic N) is 1. The third-order valence-corrected chi connectivity index (χ3v) is 4.69. The van der Waals surface area contributed by atoms with Crippen molar-refractivity contribution >= 4 is 27.7 Å². The second-order valence-corrected chi connectivity index (χ2v) is 6.73. The second-order valence-electron chi connectivity index (χ2n) is 5.81. The molecular weight excluding hydrogens is 330 g/mol. The Morgan fingerprint density at radius 3 is 2.90 bits per heavy atom. The molecule has 1 saturated carbocycles. The molecular formula is C16H24BrN3O. The normalized spacial score (nSPS) is 21.9. The van der Waals surface area contributed by atoms with Crippen LogP contribution >= 0.6 is 15.9 Å². The van der Waals surface area contributed by atoms with E-state index in [0.717, 1.165) is 17.6 Å². The largest absolute Gasteiger partial charge is 0.370 e. The first-order chi connectivity index (χ1) is 10.1. The van der Waals surface area contributed by atoms with Crippen LogP contribution in [0, 0.1) is 11.8 Å². The topological polar surface area (TPSA) is 54.0 Å². The Kier molecular flexibility index (Phi) is 6.03. The van der Waals surface area contributed by atoms with Crippen molar-refractivity contribution in [3.05, 3.63) is 22.3 Å². The molecule has 0 saturated heterocycles. The number of carbonyl (C=O) groups is 1. The van der Waals surface area contributed by atoms with Crippen LogP contribution in [-0.4, -0.2) is 24.0 Å². The maximum Gasteiger partial charge on any atom is 0.255 e. The number of nitrogens with one attached hydrogen (secondary N) is 2. The van der Waals surface area contributed by atoms with Gasteiger partial charge in [-0.2, -0.15) is 0 Å². The molecule has 1 amide bonds. The van der Waals surface area contributed by atoms with Crippen molar-refractivity contribution in [2.75, 3.05) is 18.4 Å². The summed E-state index contributed by atoms with van der Waals surface area (Å²) < 4.78 is 0.820. The number of hydrogen-bond acceptors (Lipinski definition) is 3. The summed E-state index contributed by atoms with van der Waals surface area (Å²) in [6.07, 6.45) is 6.82. The van der Waals surface area contributed by atoms with Gasteiger partial charge in [-0.3, -0.25) is 4.79 Å². The Morgan fingerprint density at radius 2 is 2.19 bits per heavy atom. The second kappa shape index (κ2) is 7.78. The molecule has 0 bridgehead atoms. The molecule has 1 heterocycles. The van der Waals surface area contributed by atoms with Gasteiger partial charge in [0.25, 0.3) is 5.91 Å². The molecule has 0 spiro atoms. The van der Waals surface area contributed by atoms with Crippen molar-refractivity contribution in [2.24, 2.45) is 11.8 Å². The lowest BCUT2D eigenvalue weighted by molar-refractivity contribution is 0.0937. The summed E-state index contributed by atoms with van der Waals surface area (Å²) in [5.41, 5.74) is 0.606. The summed E-state index contributed by atoms with van der Waals surface area (Å²) in [6, 6.07) is 1.82. The van der Waals surface area contributed by atoms with Crippen LogP contribution in [0.2, 0.25) is 0 Å². The van der Waals surface area contributed by atoms with Crippen LogP contribution in [0.5, 0.6) is 0 Å². The van der Waals surface area contributed by atoms with Crippen LogP contribution in [0.1, 0.15) is 49.9 Å². The van der Waals surface area contributed by atoms with Gasteiger partial charge in [-0.25, -0.2) is 4.98 Å². The molecule has 1 aromatic heterocycles. The highest BCUT2D eigenvalue weighted by molar-refractivity contribution is 9.10. The van der Waals surface area contributed by atoms with Crippen LogP contribution in [-0.2, 0) is 0 Å². The van der Waals surface area contributed by atoms with E-state index in [9.17, 15) is 4.79 Å². The zero-order valence-corrected chi connectivity index (χ0v) is 14.4. The molecule has 21 heavy (non-hydrogen) atoms. The molecule has 2 rings (SSSR count). The standard InChI is InChI=1S/C16H24BrN3O/c1-3-18-15-14(8-13(17)10-19-15)16(21)20-9-12-7-5-4-6-11(12)2/h8,10-12H,3-7,9H2,1-2H3,(H,18,19)(H,20,21). The maximum atomic E-state index is 12.4. The molecule has 1 aliphatic carbocycles. The van der Waals surface area contributed by atoms with Crippen molar-refractivity contribution in [1.29, 1.82) is 0 Å². The van der Waals surface area contributed by atoms with Gasteiger partial charge in [0.2, 0.25) is 0 Å². The van der Waals surface area contributed by atoms with Gasteiger partial charge in [-0.15, -0.1) is 0 Å². The first-order valence-electron chi connectivity index (χ1n) is 7.79. The van der Waals surface area contributed by atoms with Crippen molar-refractivity contribution in [3.8, 4) is 0 Å². The number of pyridine rings is 1. The van der Waals surface area contributed by atoms with Crippen molar-refractivity contribution in [2.45, 2.75) is 39.5 Å². The van der Waals surface area contributed by atoms with E-state index < -0.39 is 0 Å². The first-order valence-corrected chi connectivity index (χ1v) is 8.58. The van der Waals surface area contributed by atoms with Crippen molar-refractivity contribution < 1.29 is 4.79 Å². The van der Waals surface area contributed by atoms with Crippen LogP contribution in [0.3, 0.4) is 0 Å². The van der Waals surface area contributed by atoms with Gasteiger partial charge in [-0.1, -0.05) is 26.2 Å². The summed E-state index contributed by atoms with van der Waals surface area (Å²) >= 11 is 3.38. The average Bonchev–Trinajstić information content (AvgIpc) is 2.48. The van der Waals surface area contributed by atoms with Crippen LogP contribution < -0.4 is 10.6 Å². The lowest BCUT2D eigenvalue weighted by Crippen LogP contribution is -2.33. The molecule has 5 heteroatoms. The number of amides is 1. The summed E-state index contributed by atoms with van der Waals surface area (Å²) in [4.78, 5) is 16.7. The van der Waals surface area contributed by atoms with E-state index in [1.54, 1.807) is 6.20 Å². The fraction of sp³-hybridized carbons (Fsp3) is 0.625. The van der Waals surface area contributed by atoms with Gasteiger partial charge in [0.05, 0.1) is 5.56 Å². The molecule has 0 aromatic carbocycles. The zero-order valence-electron chi connectivity index (χ0n) is 12.8. The molecule has 116 valence electrons. The number of halogens is 1. The highest BCUT2D eigenvalue weighted by atomic mass is 79.9. The highest BCUT2D eigenvalue weighted by Crippen LogP contribution is 2.29. The summed E-state index contributed by atoms with van der Waals surface area (Å²) in [6.45, 7) is 5.79. The number of carbonyl (C=O) groups excluding carboxylic acids is 1.